The molecule has 0 spiro atoms. The van der Waals surface area contributed by atoms with Gasteiger partial charge in [-0.1, -0.05) is 0 Å². The van der Waals surface area contributed by atoms with Crippen molar-refractivity contribution in [2.24, 2.45) is 11.7 Å². The second-order valence-corrected chi connectivity index (χ2v) is 4.65. The average molecular weight is 218 g/mol. The molecular formula is C10H16F2N2O. The molecule has 86 valence electrons. The maximum Gasteiger partial charge on any atom is 0.249 e. The van der Waals surface area contributed by atoms with Crippen LogP contribution in [0.1, 0.15) is 25.7 Å². The normalized spacial score (nSPS) is 31.1. The van der Waals surface area contributed by atoms with Crippen LogP contribution in [0.3, 0.4) is 0 Å². The second-order valence-electron chi connectivity index (χ2n) is 4.65. The SMILES string of the molecule is NC1CCCN(C(=O)C2CC(F)(F)C2)C1. The van der Waals surface area contributed by atoms with Crippen LogP contribution in [0.25, 0.3) is 0 Å². The molecule has 0 aromatic heterocycles. The molecule has 0 radical (unpaired) electrons. The van der Waals surface area contributed by atoms with E-state index in [0.717, 1.165) is 12.8 Å². The monoisotopic (exact) mass is 218 g/mol. The van der Waals surface area contributed by atoms with Crippen LogP contribution in [0.5, 0.6) is 0 Å². The summed E-state index contributed by atoms with van der Waals surface area (Å²) in [5.74, 6) is -3.21. The lowest BCUT2D eigenvalue weighted by molar-refractivity contribution is -0.160. The van der Waals surface area contributed by atoms with Crippen LogP contribution in [0.15, 0.2) is 0 Å². The Balaban J connectivity index is 1.86. The lowest BCUT2D eigenvalue weighted by Gasteiger charge is -2.39. The van der Waals surface area contributed by atoms with Crippen molar-refractivity contribution in [3.8, 4) is 0 Å². The van der Waals surface area contributed by atoms with Crippen molar-refractivity contribution in [1.82, 2.24) is 4.90 Å². The Morgan fingerprint density at radius 2 is 2.07 bits per heavy atom. The number of carbonyl (C=O) groups is 1. The van der Waals surface area contributed by atoms with Crippen molar-refractivity contribution >= 4 is 5.91 Å². The van der Waals surface area contributed by atoms with Gasteiger partial charge in [-0.05, 0) is 12.8 Å². The number of amides is 1. The number of carbonyl (C=O) groups excluding carboxylic acids is 1. The van der Waals surface area contributed by atoms with E-state index in [1.807, 2.05) is 0 Å². The minimum absolute atomic E-state index is 0.0169. The Kier molecular flexibility index (Phi) is 2.66. The first kappa shape index (κ1) is 10.8. The van der Waals surface area contributed by atoms with Gasteiger partial charge in [-0.2, -0.15) is 0 Å². The summed E-state index contributed by atoms with van der Waals surface area (Å²) >= 11 is 0. The Morgan fingerprint density at radius 3 is 2.60 bits per heavy atom. The van der Waals surface area contributed by atoms with E-state index >= 15 is 0 Å². The minimum atomic E-state index is -2.61. The third-order valence-electron chi connectivity index (χ3n) is 3.21. The summed E-state index contributed by atoms with van der Waals surface area (Å²) in [5, 5.41) is 0. The molecule has 3 nitrogen and oxygen atoms in total. The number of nitrogens with zero attached hydrogens (tertiary/aromatic N) is 1. The van der Waals surface area contributed by atoms with Crippen molar-refractivity contribution in [2.75, 3.05) is 13.1 Å². The summed E-state index contributed by atoms with van der Waals surface area (Å²) in [6.45, 7) is 1.20. The van der Waals surface area contributed by atoms with Gasteiger partial charge in [-0.25, -0.2) is 8.78 Å². The molecule has 0 bridgehead atoms. The molecule has 0 aromatic rings. The maximum atomic E-state index is 12.6. The summed E-state index contributed by atoms with van der Waals surface area (Å²) < 4.78 is 25.2. The second kappa shape index (κ2) is 3.70. The average Bonchev–Trinajstić information content (AvgIpc) is 2.13. The standard InChI is InChI=1S/C10H16F2N2O/c11-10(12)4-7(5-10)9(15)14-3-1-2-8(13)6-14/h7-8H,1-6,13H2. The molecule has 2 aliphatic rings. The van der Waals surface area contributed by atoms with E-state index in [-0.39, 0.29) is 24.8 Å². The van der Waals surface area contributed by atoms with Gasteiger partial charge in [0.1, 0.15) is 0 Å². The molecule has 1 aliphatic carbocycles. The number of nitrogens with two attached hydrogens (primary N) is 1. The predicted molar refractivity (Wildman–Crippen MR) is 51.5 cm³/mol. The van der Waals surface area contributed by atoms with Crippen LogP contribution < -0.4 is 5.73 Å². The van der Waals surface area contributed by atoms with Crippen molar-refractivity contribution in [2.45, 2.75) is 37.6 Å². The van der Waals surface area contributed by atoms with Gasteiger partial charge in [0, 0.05) is 37.9 Å². The zero-order valence-electron chi connectivity index (χ0n) is 8.59. The fourth-order valence-corrected chi connectivity index (χ4v) is 2.30. The van der Waals surface area contributed by atoms with Gasteiger partial charge in [-0.3, -0.25) is 4.79 Å². The fourth-order valence-electron chi connectivity index (χ4n) is 2.30. The van der Waals surface area contributed by atoms with Crippen LogP contribution >= 0.6 is 0 Å². The highest BCUT2D eigenvalue weighted by molar-refractivity contribution is 5.80. The molecule has 1 aliphatic heterocycles. The number of halogens is 2. The van der Waals surface area contributed by atoms with E-state index in [1.165, 1.54) is 0 Å². The molecule has 15 heavy (non-hydrogen) atoms. The summed E-state index contributed by atoms with van der Waals surface area (Å²) in [4.78, 5) is 13.4. The molecule has 0 aromatic carbocycles. The number of hydrogen-bond donors (Lipinski definition) is 1. The van der Waals surface area contributed by atoms with Gasteiger partial charge in [0.15, 0.2) is 0 Å². The number of piperidine rings is 1. The molecule has 1 unspecified atom stereocenters. The smallest absolute Gasteiger partial charge is 0.249 e. The molecule has 2 fully saturated rings. The molecule has 1 saturated carbocycles. The van der Waals surface area contributed by atoms with Crippen molar-refractivity contribution in [3.05, 3.63) is 0 Å². The third kappa shape index (κ3) is 2.27. The highest BCUT2D eigenvalue weighted by Crippen LogP contribution is 2.43. The quantitative estimate of drug-likeness (QED) is 0.713. The Morgan fingerprint density at radius 1 is 1.40 bits per heavy atom. The van der Waals surface area contributed by atoms with E-state index in [4.69, 9.17) is 5.73 Å². The molecule has 1 saturated heterocycles. The first-order chi connectivity index (χ1) is 6.98. The summed E-state index contributed by atoms with van der Waals surface area (Å²) in [7, 11) is 0. The topological polar surface area (TPSA) is 46.3 Å². The van der Waals surface area contributed by atoms with Crippen LogP contribution in [-0.4, -0.2) is 35.9 Å². The molecule has 2 N–H and O–H groups in total. The van der Waals surface area contributed by atoms with Gasteiger partial charge in [0.2, 0.25) is 11.8 Å². The van der Waals surface area contributed by atoms with Gasteiger partial charge < -0.3 is 10.6 Å². The molecule has 2 rings (SSSR count). The largest absolute Gasteiger partial charge is 0.341 e. The van der Waals surface area contributed by atoms with Crippen molar-refractivity contribution < 1.29 is 13.6 Å². The predicted octanol–water partition coefficient (Wildman–Crippen LogP) is 0.981. The zero-order valence-corrected chi connectivity index (χ0v) is 8.59. The van der Waals surface area contributed by atoms with Crippen molar-refractivity contribution in [3.63, 3.8) is 0 Å². The van der Waals surface area contributed by atoms with Crippen molar-refractivity contribution in [1.29, 1.82) is 0 Å². The summed E-state index contributed by atoms with van der Waals surface area (Å²) in [6, 6.07) is 0.0169. The Hall–Kier alpha value is -0.710. The van der Waals surface area contributed by atoms with Crippen LogP contribution in [0, 0.1) is 5.92 Å². The van der Waals surface area contributed by atoms with E-state index in [1.54, 1.807) is 4.90 Å². The molecule has 1 heterocycles. The molecule has 1 amide bonds. The molecular weight excluding hydrogens is 202 g/mol. The minimum Gasteiger partial charge on any atom is -0.341 e. The number of likely N-dealkylation sites (tertiary alicyclic amines) is 1. The van der Waals surface area contributed by atoms with E-state index in [0.29, 0.717) is 13.1 Å². The Labute approximate surface area is 87.6 Å². The van der Waals surface area contributed by atoms with Crippen LogP contribution in [0.2, 0.25) is 0 Å². The maximum absolute atomic E-state index is 12.6. The summed E-state index contributed by atoms with van der Waals surface area (Å²) in [6.07, 6.45) is 1.25. The van der Waals surface area contributed by atoms with E-state index in [9.17, 15) is 13.6 Å². The van der Waals surface area contributed by atoms with E-state index in [2.05, 4.69) is 0 Å². The third-order valence-corrected chi connectivity index (χ3v) is 3.21. The lowest BCUT2D eigenvalue weighted by Crippen LogP contribution is -2.52. The molecule has 1 atom stereocenters. The van der Waals surface area contributed by atoms with E-state index < -0.39 is 11.8 Å². The van der Waals surface area contributed by atoms with Crippen LogP contribution in [-0.2, 0) is 4.79 Å². The van der Waals surface area contributed by atoms with Crippen LogP contribution in [0.4, 0.5) is 8.78 Å². The lowest BCUT2D eigenvalue weighted by atomic mass is 9.80. The first-order valence-electron chi connectivity index (χ1n) is 5.40. The number of rotatable bonds is 1. The highest BCUT2D eigenvalue weighted by Gasteiger charge is 2.49. The zero-order chi connectivity index (χ0) is 11.1. The van der Waals surface area contributed by atoms with Gasteiger partial charge in [-0.15, -0.1) is 0 Å². The number of alkyl halides is 2. The highest BCUT2D eigenvalue weighted by atomic mass is 19.3. The summed E-state index contributed by atoms with van der Waals surface area (Å²) in [5.41, 5.74) is 5.73. The number of hydrogen-bond acceptors (Lipinski definition) is 2. The molecule has 5 heteroatoms. The van der Waals surface area contributed by atoms with Gasteiger partial charge in [0.25, 0.3) is 0 Å². The van der Waals surface area contributed by atoms with Gasteiger partial charge in [0.05, 0.1) is 0 Å². The van der Waals surface area contributed by atoms with Gasteiger partial charge >= 0.3 is 0 Å². The Bertz CT molecular complexity index is 262. The fraction of sp³-hybridized carbons (Fsp3) is 0.900. The first-order valence-corrected chi connectivity index (χ1v) is 5.40.